The van der Waals surface area contributed by atoms with E-state index in [9.17, 15) is 4.79 Å². The topological polar surface area (TPSA) is 59.0 Å². The highest BCUT2D eigenvalue weighted by Crippen LogP contribution is 2.21. The van der Waals surface area contributed by atoms with Crippen LogP contribution in [0.2, 0.25) is 0 Å². The molecule has 0 bridgehead atoms. The van der Waals surface area contributed by atoms with Crippen molar-refractivity contribution < 1.29 is 4.79 Å². The van der Waals surface area contributed by atoms with E-state index in [1.54, 1.807) is 4.68 Å². The maximum atomic E-state index is 12.1. The number of hydrogen-bond acceptors (Lipinski definition) is 3. The lowest BCUT2D eigenvalue weighted by molar-refractivity contribution is -0.121. The second-order valence-corrected chi connectivity index (χ2v) is 6.51. The van der Waals surface area contributed by atoms with Crippen molar-refractivity contribution >= 4 is 5.91 Å². The summed E-state index contributed by atoms with van der Waals surface area (Å²) in [5.41, 5.74) is 3.64. The van der Waals surface area contributed by atoms with E-state index in [1.165, 1.54) is 24.0 Å². The fourth-order valence-corrected chi connectivity index (χ4v) is 3.22. The Hall–Kier alpha value is -2.14. The molecule has 24 heavy (non-hydrogen) atoms. The van der Waals surface area contributed by atoms with E-state index in [0.717, 1.165) is 25.2 Å². The summed E-state index contributed by atoms with van der Waals surface area (Å²) in [6.45, 7) is 5.13. The number of aryl methyl sites for hydroxylation is 1. The Morgan fingerprint density at radius 2 is 2.25 bits per heavy atom. The Balaban J connectivity index is 1.45. The lowest BCUT2D eigenvalue weighted by Crippen LogP contribution is -2.30. The predicted molar refractivity (Wildman–Crippen MR) is 95.0 cm³/mol. The zero-order valence-corrected chi connectivity index (χ0v) is 14.3. The zero-order valence-electron chi connectivity index (χ0n) is 14.3. The van der Waals surface area contributed by atoms with Crippen molar-refractivity contribution in [1.82, 2.24) is 20.4 Å². The number of rotatable bonds is 6. The molecule has 128 valence electrons. The fraction of sp³-hybridized carbons (Fsp3) is 0.474. The van der Waals surface area contributed by atoms with Crippen LogP contribution in [0.4, 0.5) is 0 Å². The number of amides is 1. The van der Waals surface area contributed by atoms with Gasteiger partial charge in [-0.3, -0.25) is 9.48 Å². The minimum atomic E-state index is 0.0139. The van der Waals surface area contributed by atoms with Gasteiger partial charge >= 0.3 is 0 Å². The van der Waals surface area contributed by atoms with Gasteiger partial charge in [-0.1, -0.05) is 24.3 Å². The minimum absolute atomic E-state index is 0.0139. The lowest BCUT2D eigenvalue weighted by Gasteiger charge is -2.20. The largest absolute Gasteiger partial charge is 0.354 e. The molecule has 1 saturated heterocycles. The van der Waals surface area contributed by atoms with Gasteiger partial charge in [-0.05, 0) is 49.9 Å². The number of carbonyl (C=O) groups is 1. The average molecular weight is 326 g/mol. The lowest BCUT2D eigenvalue weighted by atomic mass is 9.97. The molecule has 1 aromatic carbocycles. The van der Waals surface area contributed by atoms with Crippen molar-refractivity contribution in [2.24, 2.45) is 0 Å². The number of aromatic nitrogens is 2. The molecule has 2 aromatic rings. The molecule has 1 aliphatic rings. The van der Waals surface area contributed by atoms with E-state index in [-0.39, 0.29) is 12.5 Å². The summed E-state index contributed by atoms with van der Waals surface area (Å²) >= 11 is 0. The Morgan fingerprint density at radius 3 is 3.04 bits per heavy atom. The SMILES string of the molecule is Cc1ccccc1CCNC(=O)Cn1ccc([C@H]2CCCNC2)n1. The van der Waals surface area contributed by atoms with Crippen LogP contribution in [0.5, 0.6) is 0 Å². The summed E-state index contributed by atoms with van der Waals surface area (Å²) < 4.78 is 1.74. The van der Waals surface area contributed by atoms with Crippen LogP contribution < -0.4 is 10.6 Å². The van der Waals surface area contributed by atoms with Gasteiger partial charge in [0.05, 0.1) is 5.69 Å². The van der Waals surface area contributed by atoms with Gasteiger partial charge in [-0.25, -0.2) is 0 Å². The first-order valence-electron chi connectivity index (χ1n) is 8.77. The second-order valence-electron chi connectivity index (χ2n) is 6.51. The number of hydrogen-bond donors (Lipinski definition) is 2. The Labute approximate surface area is 143 Å². The monoisotopic (exact) mass is 326 g/mol. The number of nitrogens with zero attached hydrogens (tertiary/aromatic N) is 2. The van der Waals surface area contributed by atoms with Crippen molar-refractivity contribution in [1.29, 1.82) is 0 Å². The zero-order chi connectivity index (χ0) is 16.8. The summed E-state index contributed by atoms with van der Waals surface area (Å²) in [6.07, 6.45) is 5.13. The molecule has 2 heterocycles. The van der Waals surface area contributed by atoms with Gasteiger partial charge in [-0.2, -0.15) is 5.10 Å². The number of benzene rings is 1. The summed E-state index contributed by atoms with van der Waals surface area (Å²) in [7, 11) is 0. The van der Waals surface area contributed by atoms with Gasteiger partial charge in [0, 0.05) is 25.2 Å². The van der Waals surface area contributed by atoms with Crippen LogP contribution in [0.1, 0.15) is 35.6 Å². The smallest absolute Gasteiger partial charge is 0.241 e. The van der Waals surface area contributed by atoms with Gasteiger partial charge in [0.2, 0.25) is 5.91 Å². The highest BCUT2D eigenvalue weighted by Gasteiger charge is 2.17. The Bertz CT molecular complexity index is 674. The summed E-state index contributed by atoms with van der Waals surface area (Å²) in [6, 6.07) is 10.3. The maximum Gasteiger partial charge on any atom is 0.241 e. The Kier molecular flexibility index (Phi) is 5.64. The van der Waals surface area contributed by atoms with E-state index in [4.69, 9.17) is 0 Å². The third-order valence-corrected chi connectivity index (χ3v) is 4.66. The molecule has 5 heteroatoms. The molecule has 0 saturated carbocycles. The van der Waals surface area contributed by atoms with E-state index < -0.39 is 0 Å². The molecule has 1 aliphatic heterocycles. The number of piperidine rings is 1. The van der Waals surface area contributed by atoms with Gasteiger partial charge in [-0.15, -0.1) is 0 Å². The molecule has 0 radical (unpaired) electrons. The van der Waals surface area contributed by atoms with Gasteiger partial charge < -0.3 is 10.6 Å². The van der Waals surface area contributed by atoms with Gasteiger partial charge in [0.25, 0.3) is 0 Å². The van der Waals surface area contributed by atoms with E-state index in [1.807, 2.05) is 24.4 Å². The van der Waals surface area contributed by atoms with Crippen LogP contribution in [0.25, 0.3) is 0 Å². The van der Waals surface area contributed by atoms with Crippen molar-refractivity contribution in [3.05, 3.63) is 53.3 Å². The first-order chi connectivity index (χ1) is 11.7. The third-order valence-electron chi connectivity index (χ3n) is 4.66. The molecule has 2 N–H and O–H groups in total. The van der Waals surface area contributed by atoms with Crippen LogP contribution in [0, 0.1) is 6.92 Å². The van der Waals surface area contributed by atoms with Crippen LogP contribution in [0.3, 0.4) is 0 Å². The fourth-order valence-electron chi connectivity index (χ4n) is 3.22. The van der Waals surface area contributed by atoms with Gasteiger partial charge in [0.1, 0.15) is 6.54 Å². The summed E-state index contributed by atoms with van der Waals surface area (Å²) in [5.74, 6) is 0.490. The molecular weight excluding hydrogens is 300 g/mol. The molecule has 3 rings (SSSR count). The minimum Gasteiger partial charge on any atom is -0.354 e. The van der Waals surface area contributed by atoms with E-state index >= 15 is 0 Å². The second kappa shape index (κ2) is 8.11. The van der Waals surface area contributed by atoms with Crippen LogP contribution >= 0.6 is 0 Å². The average Bonchev–Trinajstić information content (AvgIpc) is 3.06. The molecule has 0 spiro atoms. The quantitative estimate of drug-likeness (QED) is 0.854. The summed E-state index contributed by atoms with van der Waals surface area (Å²) in [5, 5.41) is 11.0. The van der Waals surface area contributed by atoms with E-state index in [2.05, 4.69) is 34.8 Å². The van der Waals surface area contributed by atoms with Crippen molar-refractivity contribution in [3.8, 4) is 0 Å². The molecule has 1 atom stereocenters. The van der Waals surface area contributed by atoms with Crippen LogP contribution in [-0.2, 0) is 17.8 Å². The van der Waals surface area contributed by atoms with Crippen molar-refractivity contribution in [2.45, 2.75) is 38.6 Å². The highest BCUT2D eigenvalue weighted by atomic mass is 16.2. The van der Waals surface area contributed by atoms with Crippen molar-refractivity contribution in [2.75, 3.05) is 19.6 Å². The third kappa shape index (κ3) is 4.45. The van der Waals surface area contributed by atoms with Gasteiger partial charge in [0.15, 0.2) is 0 Å². The maximum absolute atomic E-state index is 12.1. The molecular formula is C19H26N4O. The molecule has 1 aromatic heterocycles. The number of nitrogens with one attached hydrogen (secondary N) is 2. The molecule has 1 fully saturated rings. The normalized spacial score (nSPS) is 17.6. The van der Waals surface area contributed by atoms with Crippen molar-refractivity contribution in [3.63, 3.8) is 0 Å². The molecule has 1 amide bonds. The van der Waals surface area contributed by atoms with E-state index in [0.29, 0.717) is 12.5 Å². The predicted octanol–water partition coefficient (Wildman–Crippen LogP) is 2.02. The standard InChI is InChI=1S/C19H26N4O/c1-15-5-2-3-6-16(15)8-11-21-19(24)14-23-12-9-18(22-23)17-7-4-10-20-13-17/h2-3,5-6,9,12,17,20H,4,7-8,10-11,13-14H2,1H3,(H,21,24)/t17-/m0/s1. The highest BCUT2D eigenvalue weighted by molar-refractivity contribution is 5.75. The molecule has 0 unspecified atom stereocenters. The molecule has 5 nitrogen and oxygen atoms in total. The Morgan fingerprint density at radius 1 is 1.38 bits per heavy atom. The summed E-state index contributed by atoms with van der Waals surface area (Å²) in [4.78, 5) is 12.1. The first-order valence-corrected chi connectivity index (χ1v) is 8.77. The van der Waals surface area contributed by atoms with Crippen LogP contribution in [-0.4, -0.2) is 35.3 Å². The van der Waals surface area contributed by atoms with Crippen LogP contribution in [0.15, 0.2) is 36.5 Å². The first kappa shape index (κ1) is 16.7. The number of carbonyl (C=O) groups excluding carboxylic acids is 1. The molecule has 0 aliphatic carbocycles.